The van der Waals surface area contributed by atoms with Crippen LogP contribution in [0.2, 0.25) is 5.02 Å². The number of carbonyl (C=O) groups excluding carboxylic acids is 2. The molecule has 2 aliphatic heterocycles. The summed E-state index contributed by atoms with van der Waals surface area (Å²) in [6.07, 6.45) is 1.67. The molecule has 32 heavy (non-hydrogen) atoms. The second kappa shape index (κ2) is 7.84. The van der Waals surface area contributed by atoms with Crippen LogP contribution in [0.25, 0.3) is 5.57 Å². The lowest BCUT2D eigenvalue weighted by Crippen LogP contribution is -2.45. The van der Waals surface area contributed by atoms with Gasteiger partial charge in [-0.25, -0.2) is 4.79 Å². The number of nitrogens with zero attached hydrogens (tertiary/aromatic N) is 1. The smallest absolute Gasteiger partial charge is 0.332 e. The molecule has 6 heteroatoms. The summed E-state index contributed by atoms with van der Waals surface area (Å²) in [5, 5.41) is 0.481. The van der Waals surface area contributed by atoms with Crippen LogP contribution in [-0.4, -0.2) is 19.0 Å². The van der Waals surface area contributed by atoms with Crippen molar-refractivity contribution in [2.45, 2.75) is 18.6 Å². The van der Waals surface area contributed by atoms with E-state index in [1.165, 1.54) is 6.08 Å². The maximum absolute atomic E-state index is 13.8. The number of ether oxygens (including phenoxy) is 2. The van der Waals surface area contributed by atoms with Crippen molar-refractivity contribution in [1.29, 1.82) is 0 Å². The van der Waals surface area contributed by atoms with Gasteiger partial charge in [0.1, 0.15) is 5.75 Å². The molecule has 1 amide bonds. The zero-order valence-electron chi connectivity index (χ0n) is 17.4. The van der Waals surface area contributed by atoms with Crippen molar-refractivity contribution in [3.05, 3.63) is 101 Å². The van der Waals surface area contributed by atoms with Crippen LogP contribution >= 0.6 is 11.6 Å². The Morgan fingerprint density at radius 3 is 2.50 bits per heavy atom. The maximum atomic E-state index is 13.8. The highest BCUT2D eigenvalue weighted by atomic mass is 35.5. The predicted molar refractivity (Wildman–Crippen MR) is 122 cm³/mol. The molecule has 0 bridgehead atoms. The summed E-state index contributed by atoms with van der Waals surface area (Å²) in [7, 11) is 1.60. The number of amides is 1. The molecule has 160 valence electrons. The van der Waals surface area contributed by atoms with E-state index in [2.05, 4.69) is 0 Å². The van der Waals surface area contributed by atoms with Crippen molar-refractivity contribution < 1.29 is 19.1 Å². The van der Waals surface area contributed by atoms with Crippen LogP contribution in [0.15, 0.2) is 78.9 Å². The molecule has 1 spiro atoms. The van der Waals surface area contributed by atoms with Gasteiger partial charge in [0, 0.05) is 23.1 Å². The standard InChI is InChI=1S/C26H20ClNO4/c1-31-21-10-7-18(8-11-21)19-13-24(29)32-26(15-19)22-14-20(27)9-12-23(22)28(25(26)30)16-17-5-3-2-4-6-17/h2-14H,15-16H2,1H3/t26-/m1/s1. The summed E-state index contributed by atoms with van der Waals surface area (Å²) in [5.74, 6) is -0.112. The van der Waals surface area contributed by atoms with Gasteiger partial charge in [-0.1, -0.05) is 54.1 Å². The Labute approximate surface area is 190 Å². The van der Waals surface area contributed by atoms with E-state index in [0.717, 1.165) is 16.7 Å². The topological polar surface area (TPSA) is 55.8 Å². The minimum atomic E-state index is -1.45. The number of methoxy groups -OCH3 is 1. The van der Waals surface area contributed by atoms with Crippen LogP contribution in [0.3, 0.4) is 0 Å². The van der Waals surface area contributed by atoms with Crippen molar-refractivity contribution in [1.82, 2.24) is 0 Å². The van der Waals surface area contributed by atoms with E-state index in [9.17, 15) is 9.59 Å². The largest absolute Gasteiger partial charge is 0.497 e. The highest BCUT2D eigenvalue weighted by molar-refractivity contribution is 6.31. The highest BCUT2D eigenvalue weighted by Gasteiger charge is 2.56. The van der Waals surface area contributed by atoms with Crippen LogP contribution in [0.5, 0.6) is 5.75 Å². The van der Waals surface area contributed by atoms with Crippen LogP contribution in [-0.2, 0) is 26.5 Å². The van der Waals surface area contributed by atoms with E-state index in [4.69, 9.17) is 21.1 Å². The van der Waals surface area contributed by atoms with Crippen molar-refractivity contribution >= 4 is 34.7 Å². The second-order valence-corrected chi connectivity index (χ2v) is 8.30. The molecule has 2 heterocycles. The molecular formula is C26H20ClNO4. The number of hydrogen-bond donors (Lipinski definition) is 0. The number of fused-ring (bicyclic) bond motifs is 2. The number of benzene rings is 3. The minimum Gasteiger partial charge on any atom is -0.497 e. The van der Waals surface area contributed by atoms with E-state index >= 15 is 0 Å². The Hall–Kier alpha value is -3.57. The van der Waals surface area contributed by atoms with Crippen LogP contribution in [0.1, 0.15) is 23.1 Å². The molecule has 1 atom stereocenters. The lowest BCUT2D eigenvalue weighted by Gasteiger charge is -2.32. The van der Waals surface area contributed by atoms with Crippen molar-refractivity contribution in [3.63, 3.8) is 0 Å². The zero-order valence-corrected chi connectivity index (χ0v) is 18.1. The normalized spacial score (nSPS) is 19.6. The number of halogens is 1. The average Bonchev–Trinajstić information content (AvgIpc) is 3.01. The summed E-state index contributed by atoms with van der Waals surface area (Å²) in [6, 6.07) is 22.4. The molecule has 0 fully saturated rings. The SMILES string of the molecule is COc1ccc(C2=CC(=O)O[C@@]3(C2)C(=O)N(Cc2ccccc2)c2ccc(Cl)cc23)cc1. The quantitative estimate of drug-likeness (QED) is 0.523. The summed E-state index contributed by atoms with van der Waals surface area (Å²) < 4.78 is 11.0. The van der Waals surface area contributed by atoms with Gasteiger partial charge in [0.2, 0.25) is 5.60 Å². The van der Waals surface area contributed by atoms with Crippen molar-refractivity contribution in [2.75, 3.05) is 12.0 Å². The Bertz CT molecular complexity index is 1240. The third kappa shape index (κ3) is 3.35. The van der Waals surface area contributed by atoms with E-state index in [1.54, 1.807) is 24.1 Å². The number of esters is 1. The number of rotatable bonds is 4. The molecule has 3 aromatic carbocycles. The number of hydrogen-bond acceptors (Lipinski definition) is 4. The van der Waals surface area contributed by atoms with Gasteiger partial charge in [0.25, 0.3) is 5.91 Å². The zero-order chi connectivity index (χ0) is 22.3. The van der Waals surface area contributed by atoms with Gasteiger partial charge in [-0.2, -0.15) is 0 Å². The number of carbonyl (C=O) groups is 2. The Morgan fingerprint density at radius 2 is 1.78 bits per heavy atom. The molecular weight excluding hydrogens is 426 g/mol. The molecule has 0 N–H and O–H groups in total. The lowest BCUT2D eigenvalue weighted by atomic mass is 9.83. The summed E-state index contributed by atoms with van der Waals surface area (Å²) in [4.78, 5) is 28.2. The molecule has 3 aromatic rings. The fraction of sp³-hybridized carbons (Fsp3) is 0.154. The van der Waals surface area contributed by atoms with Crippen molar-refractivity contribution in [2.24, 2.45) is 0 Å². The first-order valence-corrected chi connectivity index (χ1v) is 10.6. The van der Waals surface area contributed by atoms with Gasteiger partial charge >= 0.3 is 5.97 Å². The van der Waals surface area contributed by atoms with Crippen LogP contribution in [0.4, 0.5) is 5.69 Å². The molecule has 0 radical (unpaired) electrons. The Kier molecular flexibility index (Phi) is 4.98. The van der Waals surface area contributed by atoms with E-state index in [1.807, 2.05) is 60.7 Å². The number of anilines is 1. The third-order valence-corrected chi connectivity index (χ3v) is 6.16. The lowest BCUT2D eigenvalue weighted by molar-refractivity contribution is -0.164. The molecule has 0 saturated carbocycles. The Morgan fingerprint density at radius 1 is 1.03 bits per heavy atom. The maximum Gasteiger partial charge on any atom is 0.332 e. The van der Waals surface area contributed by atoms with Crippen LogP contribution < -0.4 is 9.64 Å². The molecule has 0 aliphatic carbocycles. The van der Waals surface area contributed by atoms with E-state index in [0.29, 0.717) is 28.6 Å². The fourth-order valence-electron chi connectivity index (χ4n) is 4.39. The monoisotopic (exact) mass is 445 g/mol. The molecule has 5 nitrogen and oxygen atoms in total. The predicted octanol–water partition coefficient (Wildman–Crippen LogP) is 5.12. The summed E-state index contributed by atoms with van der Waals surface area (Å²) in [5.41, 5.74) is 2.40. The molecule has 2 aliphatic rings. The highest BCUT2D eigenvalue weighted by Crippen LogP contribution is 2.50. The van der Waals surface area contributed by atoms with E-state index in [-0.39, 0.29) is 12.3 Å². The average molecular weight is 446 g/mol. The fourth-order valence-corrected chi connectivity index (χ4v) is 4.56. The van der Waals surface area contributed by atoms with Gasteiger partial charge in [-0.3, -0.25) is 4.79 Å². The minimum absolute atomic E-state index is 0.225. The van der Waals surface area contributed by atoms with Gasteiger partial charge in [-0.15, -0.1) is 0 Å². The van der Waals surface area contributed by atoms with Gasteiger partial charge in [-0.05, 0) is 47.0 Å². The summed E-state index contributed by atoms with van der Waals surface area (Å²) >= 11 is 6.31. The first kappa shape index (κ1) is 20.3. The summed E-state index contributed by atoms with van der Waals surface area (Å²) in [6.45, 7) is 0.370. The Balaban J connectivity index is 1.58. The molecule has 0 saturated heterocycles. The first-order chi connectivity index (χ1) is 15.5. The molecule has 0 aromatic heterocycles. The van der Waals surface area contributed by atoms with Gasteiger partial charge in [0.05, 0.1) is 19.3 Å². The van der Waals surface area contributed by atoms with Crippen LogP contribution in [0, 0.1) is 0 Å². The van der Waals surface area contributed by atoms with Gasteiger partial charge in [0.15, 0.2) is 0 Å². The second-order valence-electron chi connectivity index (χ2n) is 7.86. The van der Waals surface area contributed by atoms with Crippen molar-refractivity contribution in [3.8, 4) is 5.75 Å². The first-order valence-electron chi connectivity index (χ1n) is 10.2. The van der Waals surface area contributed by atoms with Gasteiger partial charge < -0.3 is 14.4 Å². The third-order valence-electron chi connectivity index (χ3n) is 5.93. The molecule has 5 rings (SSSR count). The molecule has 0 unspecified atom stereocenters. The van der Waals surface area contributed by atoms with E-state index < -0.39 is 11.6 Å².